The average molecular weight is 259 g/mol. The van der Waals surface area contributed by atoms with Gasteiger partial charge in [-0.05, 0) is 19.4 Å². The summed E-state index contributed by atoms with van der Waals surface area (Å²) < 4.78 is 1.79. The van der Waals surface area contributed by atoms with Crippen molar-refractivity contribution in [2.75, 3.05) is 11.9 Å². The predicted molar refractivity (Wildman–Crippen MR) is 76.8 cm³/mol. The molecule has 1 N–H and O–H groups in total. The summed E-state index contributed by atoms with van der Waals surface area (Å²) in [6, 6.07) is 3.91. The van der Waals surface area contributed by atoms with Gasteiger partial charge in [-0.2, -0.15) is 5.10 Å². The summed E-state index contributed by atoms with van der Waals surface area (Å²) in [4.78, 5) is 9.11. The first-order valence-corrected chi connectivity index (χ1v) is 6.75. The van der Waals surface area contributed by atoms with E-state index in [0.717, 1.165) is 36.1 Å². The molecule has 0 aromatic carbocycles. The molecule has 5 heteroatoms. The highest BCUT2D eigenvalue weighted by Crippen LogP contribution is 2.16. The first kappa shape index (κ1) is 13.5. The maximum Gasteiger partial charge on any atom is 0.159 e. The normalized spacial score (nSPS) is 11.0. The molecule has 0 amide bonds. The molecule has 0 aliphatic heterocycles. The Kier molecular flexibility index (Phi) is 4.14. The van der Waals surface area contributed by atoms with Crippen molar-refractivity contribution < 1.29 is 0 Å². The van der Waals surface area contributed by atoms with Crippen LogP contribution in [0.15, 0.2) is 18.3 Å². The van der Waals surface area contributed by atoms with Crippen LogP contribution in [-0.2, 0) is 0 Å². The van der Waals surface area contributed by atoms with E-state index in [-0.39, 0.29) is 0 Å². The van der Waals surface area contributed by atoms with Crippen LogP contribution < -0.4 is 5.32 Å². The molecule has 2 aromatic rings. The summed E-state index contributed by atoms with van der Waals surface area (Å²) in [5, 5.41) is 7.72. The third kappa shape index (κ3) is 3.30. The second kappa shape index (κ2) is 5.82. The molecule has 5 nitrogen and oxygen atoms in total. The lowest BCUT2D eigenvalue weighted by Crippen LogP contribution is -2.10. The van der Waals surface area contributed by atoms with Gasteiger partial charge in [0.2, 0.25) is 0 Å². The standard InChI is InChI=1S/C14H21N5/c1-5-7-15-12-9-13(17-14(16-12)10(2)3)19-8-6-11(4)18-19/h6,8-10H,5,7H2,1-4H3,(H,15,16,17). The SMILES string of the molecule is CCCNc1cc(-n2ccc(C)n2)nc(C(C)C)n1. The molecule has 0 bridgehead atoms. The van der Waals surface area contributed by atoms with Gasteiger partial charge in [0.15, 0.2) is 5.82 Å². The Morgan fingerprint density at radius 2 is 2.11 bits per heavy atom. The van der Waals surface area contributed by atoms with E-state index in [0.29, 0.717) is 5.92 Å². The number of aromatic nitrogens is 4. The van der Waals surface area contributed by atoms with E-state index in [9.17, 15) is 0 Å². The van der Waals surface area contributed by atoms with E-state index in [1.54, 1.807) is 4.68 Å². The molecule has 0 spiro atoms. The molecule has 2 aromatic heterocycles. The van der Waals surface area contributed by atoms with E-state index < -0.39 is 0 Å². The summed E-state index contributed by atoms with van der Waals surface area (Å²) in [6.07, 6.45) is 2.99. The van der Waals surface area contributed by atoms with Crippen molar-refractivity contribution in [1.29, 1.82) is 0 Å². The van der Waals surface area contributed by atoms with Gasteiger partial charge in [0.1, 0.15) is 11.6 Å². The molecule has 0 aliphatic carbocycles. The zero-order valence-electron chi connectivity index (χ0n) is 12.0. The molecule has 0 aliphatic rings. The van der Waals surface area contributed by atoms with Gasteiger partial charge in [-0.25, -0.2) is 14.6 Å². The summed E-state index contributed by atoms with van der Waals surface area (Å²) in [6.45, 7) is 9.20. The Morgan fingerprint density at radius 1 is 1.32 bits per heavy atom. The van der Waals surface area contributed by atoms with Crippen molar-refractivity contribution in [3.05, 3.63) is 29.8 Å². The number of aryl methyl sites for hydroxylation is 1. The molecule has 19 heavy (non-hydrogen) atoms. The Morgan fingerprint density at radius 3 is 2.68 bits per heavy atom. The Labute approximate surface area is 114 Å². The number of anilines is 1. The highest BCUT2D eigenvalue weighted by atomic mass is 15.3. The number of hydrogen-bond acceptors (Lipinski definition) is 4. The van der Waals surface area contributed by atoms with Crippen LogP contribution in [0.3, 0.4) is 0 Å². The molecule has 2 rings (SSSR count). The highest BCUT2D eigenvalue weighted by Gasteiger charge is 2.09. The van der Waals surface area contributed by atoms with Crippen LogP contribution in [0.4, 0.5) is 5.82 Å². The minimum Gasteiger partial charge on any atom is -0.370 e. The Hall–Kier alpha value is -1.91. The maximum absolute atomic E-state index is 4.57. The summed E-state index contributed by atoms with van der Waals surface area (Å²) in [5.41, 5.74) is 0.979. The lowest BCUT2D eigenvalue weighted by atomic mass is 10.2. The number of hydrogen-bond donors (Lipinski definition) is 1. The van der Waals surface area contributed by atoms with E-state index in [4.69, 9.17) is 0 Å². The minimum absolute atomic E-state index is 0.291. The molecular formula is C14H21N5. The van der Waals surface area contributed by atoms with Gasteiger partial charge in [0.05, 0.1) is 5.69 Å². The van der Waals surface area contributed by atoms with E-state index in [2.05, 4.69) is 41.2 Å². The first-order chi connectivity index (χ1) is 9.10. The van der Waals surface area contributed by atoms with Gasteiger partial charge in [-0.1, -0.05) is 20.8 Å². The topological polar surface area (TPSA) is 55.6 Å². The molecule has 0 fully saturated rings. The zero-order valence-corrected chi connectivity index (χ0v) is 12.0. The van der Waals surface area contributed by atoms with Gasteiger partial charge in [-0.3, -0.25) is 0 Å². The fourth-order valence-corrected chi connectivity index (χ4v) is 1.71. The smallest absolute Gasteiger partial charge is 0.159 e. The number of nitrogens with zero attached hydrogens (tertiary/aromatic N) is 4. The van der Waals surface area contributed by atoms with Crippen LogP contribution in [0.5, 0.6) is 0 Å². The van der Waals surface area contributed by atoms with Crippen molar-refractivity contribution >= 4 is 5.82 Å². The quantitative estimate of drug-likeness (QED) is 0.897. The predicted octanol–water partition coefficient (Wildman–Crippen LogP) is 2.92. The largest absolute Gasteiger partial charge is 0.370 e. The molecular weight excluding hydrogens is 238 g/mol. The first-order valence-electron chi connectivity index (χ1n) is 6.75. The van der Waals surface area contributed by atoms with Crippen molar-refractivity contribution in [3.8, 4) is 5.82 Å². The van der Waals surface area contributed by atoms with Crippen molar-refractivity contribution in [2.24, 2.45) is 0 Å². The van der Waals surface area contributed by atoms with Gasteiger partial charge in [0.25, 0.3) is 0 Å². The molecule has 0 atom stereocenters. The molecule has 102 valence electrons. The second-order valence-electron chi connectivity index (χ2n) is 4.95. The average Bonchev–Trinajstić information content (AvgIpc) is 2.82. The fourth-order valence-electron chi connectivity index (χ4n) is 1.71. The second-order valence-corrected chi connectivity index (χ2v) is 4.95. The maximum atomic E-state index is 4.57. The van der Waals surface area contributed by atoms with Crippen LogP contribution in [0.25, 0.3) is 5.82 Å². The van der Waals surface area contributed by atoms with Gasteiger partial charge < -0.3 is 5.32 Å². The van der Waals surface area contributed by atoms with Gasteiger partial charge >= 0.3 is 0 Å². The number of nitrogens with one attached hydrogen (secondary N) is 1. The van der Waals surface area contributed by atoms with Crippen molar-refractivity contribution in [2.45, 2.75) is 40.0 Å². The Balaban J connectivity index is 2.39. The third-order valence-electron chi connectivity index (χ3n) is 2.76. The third-order valence-corrected chi connectivity index (χ3v) is 2.76. The van der Waals surface area contributed by atoms with Crippen LogP contribution in [0, 0.1) is 6.92 Å². The molecule has 0 unspecified atom stereocenters. The highest BCUT2D eigenvalue weighted by molar-refractivity contribution is 5.41. The summed E-state index contributed by atoms with van der Waals surface area (Å²) >= 11 is 0. The zero-order chi connectivity index (χ0) is 13.8. The number of rotatable bonds is 5. The summed E-state index contributed by atoms with van der Waals surface area (Å²) in [5.74, 6) is 2.80. The lowest BCUT2D eigenvalue weighted by molar-refractivity contribution is 0.743. The van der Waals surface area contributed by atoms with Gasteiger partial charge in [0, 0.05) is 24.7 Å². The van der Waals surface area contributed by atoms with E-state index in [1.807, 2.05) is 25.3 Å². The van der Waals surface area contributed by atoms with Gasteiger partial charge in [-0.15, -0.1) is 0 Å². The van der Waals surface area contributed by atoms with Crippen LogP contribution in [-0.4, -0.2) is 26.3 Å². The Bertz CT molecular complexity index is 545. The fraction of sp³-hybridized carbons (Fsp3) is 0.500. The van der Waals surface area contributed by atoms with Crippen LogP contribution >= 0.6 is 0 Å². The van der Waals surface area contributed by atoms with Crippen molar-refractivity contribution in [3.63, 3.8) is 0 Å². The molecule has 2 heterocycles. The monoisotopic (exact) mass is 259 g/mol. The lowest BCUT2D eigenvalue weighted by Gasteiger charge is -2.11. The summed E-state index contributed by atoms with van der Waals surface area (Å²) in [7, 11) is 0. The van der Waals surface area contributed by atoms with Crippen molar-refractivity contribution in [1.82, 2.24) is 19.7 Å². The van der Waals surface area contributed by atoms with Crippen LogP contribution in [0.1, 0.15) is 44.6 Å². The molecule has 0 radical (unpaired) electrons. The van der Waals surface area contributed by atoms with E-state index in [1.165, 1.54) is 0 Å². The van der Waals surface area contributed by atoms with E-state index >= 15 is 0 Å². The minimum atomic E-state index is 0.291. The van der Waals surface area contributed by atoms with Crippen LogP contribution in [0.2, 0.25) is 0 Å². The molecule has 0 saturated carbocycles. The molecule has 0 saturated heterocycles.